The van der Waals surface area contributed by atoms with Crippen LogP contribution in [-0.2, 0) is 6.18 Å². The number of alkyl halides is 3. The van der Waals surface area contributed by atoms with Gasteiger partial charge in [0.25, 0.3) is 0 Å². The Bertz CT molecular complexity index is 416. The molecule has 18 heavy (non-hydrogen) atoms. The van der Waals surface area contributed by atoms with Gasteiger partial charge in [0, 0.05) is 30.4 Å². The first-order valence-electron chi connectivity index (χ1n) is 5.62. The topological polar surface area (TPSA) is 56.0 Å². The molecule has 0 saturated carbocycles. The fourth-order valence-electron chi connectivity index (χ4n) is 1.58. The largest absolute Gasteiger partial charge is 0.417 e. The Morgan fingerprint density at radius 1 is 1.50 bits per heavy atom. The van der Waals surface area contributed by atoms with Gasteiger partial charge in [-0.3, -0.25) is 9.78 Å². The maximum Gasteiger partial charge on any atom is 0.417 e. The van der Waals surface area contributed by atoms with E-state index in [4.69, 9.17) is 5.73 Å². The summed E-state index contributed by atoms with van der Waals surface area (Å²) in [4.78, 5) is 15.3. The van der Waals surface area contributed by atoms with Gasteiger partial charge in [-0.15, -0.1) is 0 Å². The van der Waals surface area contributed by atoms with Crippen LogP contribution in [0.4, 0.5) is 13.2 Å². The zero-order chi connectivity index (χ0) is 13.8. The van der Waals surface area contributed by atoms with E-state index >= 15 is 0 Å². The quantitative estimate of drug-likeness (QED) is 0.828. The van der Waals surface area contributed by atoms with Crippen LogP contribution in [0, 0.1) is 0 Å². The number of carbonyl (C=O) groups excluding carboxylic acids is 1. The predicted octanol–water partition coefficient (Wildman–Crippen LogP) is 2.80. The van der Waals surface area contributed by atoms with Crippen molar-refractivity contribution in [3.05, 3.63) is 29.6 Å². The van der Waals surface area contributed by atoms with Crippen LogP contribution in [0.5, 0.6) is 0 Å². The van der Waals surface area contributed by atoms with Crippen LogP contribution in [-0.4, -0.2) is 16.8 Å². The smallest absolute Gasteiger partial charge is 0.328 e. The molecule has 3 nitrogen and oxygen atoms in total. The predicted molar refractivity (Wildman–Crippen MR) is 61.1 cm³/mol. The number of halogens is 3. The van der Waals surface area contributed by atoms with Crippen LogP contribution in [0.3, 0.4) is 0 Å². The maximum atomic E-state index is 12.7. The van der Waals surface area contributed by atoms with Crippen molar-refractivity contribution in [2.24, 2.45) is 5.73 Å². The number of Topliss-reactive ketones (excluding diaryl/α,β-unsaturated/α-hetero) is 1. The second-order valence-corrected chi connectivity index (χ2v) is 4.21. The average Bonchev–Trinajstić information content (AvgIpc) is 2.27. The van der Waals surface area contributed by atoms with Crippen molar-refractivity contribution in [2.75, 3.05) is 0 Å². The van der Waals surface area contributed by atoms with Gasteiger partial charge in [-0.2, -0.15) is 13.2 Å². The summed E-state index contributed by atoms with van der Waals surface area (Å²) in [6.45, 7) is 1.79. The summed E-state index contributed by atoms with van der Waals surface area (Å²) < 4.78 is 38.0. The Kier molecular flexibility index (Phi) is 4.84. The van der Waals surface area contributed by atoms with Gasteiger partial charge in [0.15, 0.2) is 5.78 Å². The van der Waals surface area contributed by atoms with Gasteiger partial charge in [0.2, 0.25) is 0 Å². The lowest BCUT2D eigenvalue weighted by Gasteiger charge is -2.11. The molecular formula is C12H15F3N2O. The molecule has 1 heterocycles. The van der Waals surface area contributed by atoms with Crippen LogP contribution in [0.2, 0.25) is 0 Å². The molecule has 2 N–H and O–H groups in total. The summed E-state index contributed by atoms with van der Waals surface area (Å²) >= 11 is 0. The fourth-order valence-corrected chi connectivity index (χ4v) is 1.58. The molecule has 0 radical (unpaired) electrons. The molecule has 1 rings (SSSR count). The summed E-state index contributed by atoms with van der Waals surface area (Å²) in [5.74, 6) is -0.545. The van der Waals surface area contributed by atoms with Crippen LogP contribution in [0.25, 0.3) is 0 Å². The summed E-state index contributed by atoms with van der Waals surface area (Å²) in [6, 6.07) is 0.757. The van der Waals surface area contributed by atoms with E-state index in [9.17, 15) is 18.0 Å². The number of nitrogens with two attached hydrogens (primary N) is 1. The second-order valence-electron chi connectivity index (χ2n) is 4.21. The third-order valence-corrected chi connectivity index (χ3v) is 2.49. The van der Waals surface area contributed by atoms with E-state index in [0.29, 0.717) is 12.8 Å². The van der Waals surface area contributed by atoms with E-state index in [1.54, 1.807) is 6.92 Å². The van der Waals surface area contributed by atoms with Gasteiger partial charge in [-0.25, -0.2) is 0 Å². The maximum absolute atomic E-state index is 12.7. The molecule has 1 unspecified atom stereocenters. The Morgan fingerprint density at radius 3 is 2.72 bits per heavy atom. The lowest BCUT2D eigenvalue weighted by Crippen LogP contribution is -2.16. The van der Waals surface area contributed by atoms with E-state index in [1.807, 2.05) is 0 Å². The minimum Gasteiger partial charge on any atom is -0.328 e. The first-order chi connectivity index (χ1) is 8.32. The van der Waals surface area contributed by atoms with Crippen LogP contribution < -0.4 is 5.73 Å². The number of nitrogens with zero attached hydrogens (tertiary/aromatic N) is 1. The van der Waals surface area contributed by atoms with Crippen molar-refractivity contribution in [3.8, 4) is 0 Å². The lowest BCUT2D eigenvalue weighted by molar-refractivity contribution is -0.138. The first kappa shape index (κ1) is 14.6. The van der Waals surface area contributed by atoms with Crippen LogP contribution >= 0.6 is 0 Å². The molecule has 0 bridgehead atoms. The van der Waals surface area contributed by atoms with Crippen LogP contribution in [0.15, 0.2) is 18.5 Å². The number of pyridine rings is 1. The Morgan fingerprint density at radius 2 is 2.17 bits per heavy atom. The fraction of sp³-hybridized carbons (Fsp3) is 0.500. The molecular weight excluding hydrogens is 245 g/mol. The average molecular weight is 260 g/mol. The highest BCUT2D eigenvalue weighted by Crippen LogP contribution is 2.32. The molecule has 1 aromatic rings. The highest BCUT2D eigenvalue weighted by Gasteiger charge is 2.34. The second kappa shape index (κ2) is 5.95. The van der Waals surface area contributed by atoms with Crippen molar-refractivity contribution >= 4 is 5.78 Å². The third kappa shape index (κ3) is 4.10. The summed E-state index contributed by atoms with van der Waals surface area (Å²) in [5.41, 5.74) is 4.22. The van der Waals surface area contributed by atoms with E-state index in [1.165, 1.54) is 0 Å². The zero-order valence-corrected chi connectivity index (χ0v) is 10.00. The molecule has 0 amide bonds. The standard InChI is InChI=1S/C12H15F3N2O/c1-8(16)3-2-4-11(18)9-7-17-6-5-10(9)12(13,14)15/h5-8H,2-4,16H2,1H3. The van der Waals surface area contributed by atoms with Gasteiger partial charge in [-0.1, -0.05) is 0 Å². The first-order valence-corrected chi connectivity index (χ1v) is 5.62. The highest BCUT2D eigenvalue weighted by atomic mass is 19.4. The molecule has 100 valence electrons. The van der Waals surface area contributed by atoms with Gasteiger partial charge in [0.1, 0.15) is 0 Å². The van der Waals surface area contributed by atoms with Crippen molar-refractivity contribution < 1.29 is 18.0 Å². The normalized spacial score (nSPS) is 13.4. The summed E-state index contributed by atoms with van der Waals surface area (Å²) in [6.07, 6.45) is -1.40. The zero-order valence-electron chi connectivity index (χ0n) is 10.00. The van der Waals surface area contributed by atoms with Gasteiger partial charge >= 0.3 is 6.18 Å². The third-order valence-electron chi connectivity index (χ3n) is 2.49. The molecule has 1 aromatic heterocycles. The number of carbonyl (C=O) groups is 1. The van der Waals surface area contributed by atoms with Gasteiger partial charge < -0.3 is 5.73 Å². The molecule has 0 spiro atoms. The minimum absolute atomic E-state index is 0.0519. The molecule has 1 atom stereocenters. The van der Waals surface area contributed by atoms with Crippen molar-refractivity contribution in [2.45, 2.75) is 38.4 Å². The monoisotopic (exact) mass is 260 g/mol. The molecule has 0 saturated heterocycles. The number of ketones is 1. The van der Waals surface area contributed by atoms with E-state index in [2.05, 4.69) is 4.98 Å². The number of rotatable bonds is 5. The Balaban J connectivity index is 2.80. The number of hydrogen-bond donors (Lipinski definition) is 1. The SMILES string of the molecule is CC(N)CCCC(=O)c1cnccc1C(F)(F)F. The summed E-state index contributed by atoms with van der Waals surface area (Å²) in [7, 11) is 0. The van der Waals surface area contributed by atoms with Gasteiger partial charge in [-0.05, 0) is 25.8 Å². The minimum atomic E-state index is -4.53. The number of hydrogen-bond acceptors (Lipinski definition) is 3. The van der Waals surface area contributed by atoms with E-state index in [-0.39, 0.29) is 18.0 Å². The molecule has 0 aliphatic heterocycles. The highest BCUT2D eigenvalue weighted by molar-refractivity contribution is 5.97. The Labute approximate surface area is 103 Å². The molecule has 0 aliphatic carbocycles. The number of aromatic nitrogens is 1. The lowest BCUT2D eigenvalue weighted by atomic mass is 10.0. The molecule has 0 fully saturated rings. The van der Waals surface area contributed by atoms with E-state index in [0.717, 1.165) is 18.5 Å². The van der Waals surface area contributed by atoms with Crippen molar-refractivity contribution in [3.63, 3.8) is 0 Å². The van der Waals surface area contributed by atoms with Gasteiger partial charge in [0.05, 0.1) is 5.56 Å². The summed E-state index contributed by atoms with van der Waals surface area (Å²) in [5, 5.41) is 0. The van der Waals surface area contributed by atoms with Crippen molar-refractivity contribution in [1.29, 1.82) is 0 Å². The van der Waals surface area contributed by atoms with Crippen molar-refractivity contribution in [1.82, 2.24) is 4.98 Å². The molecule has 6 heteroatoms. The molecule has 0 aromatic carbocycles. The van der Waals surface area contributed by atoms with E-state index < -0.39 is 17.5 Å². The van der Waals surface area contributed by atoms with Crippen LogP contribution in [0.1, 0.15) is 42.1 Å². The Hall–Kier alpha value is -1.43. The molecule has 0 aliphatic rings.